The Morgan fingerprint density at radius 1 is 0.864 bits per heavy atom. The van der Waals surface area contributed by atoms with E-state index in [4.69, 9.17) is 23.3 Å². The first-order valence-corrected chi connectivity index (χ1v) is 7.08. The van der Waals surface area contributed by atoms with Crippen LogP contribution in [0, 0.1) is 0 Å². The van der Waals surface area contributed by atoms with Crippen LogP contribution in [0.15, 0.2) is 46.7 Å². The topological polar surface area (TPSA) is 31.6 Å². The van der Waals surface area contributed by atoms with Gasteiger partial charge in [0.2, 0.25) is 0 Å². The molecule has 2 heterocycles. The van der Waals surface area contributed by atoms with Crippen LogP contribution in [0.1, 0.15) is 37.3 Å². The predicted octanol–water partition coefficient (Wildman–Crippen LogP) is 3.89. The van der Waals surface area contributed by atoms with Gasteiger partial charge in [0.15, 0.2) is 0 Å². The summed E-state index contributed by atoms with van der Waals surface area (Å²) in [6.07, 6.45) is 0. The van der Waals surface area contributed by atoms with E-state index in [2.05, 4.69) is 0 Å². The molecule has 0 atom stereocenters. The number of fused-ring (bicyclic) bond motifs is 3. The smallest absolute Gasteiger partial charge is 0.456 e. The van der Waals surface area contributed by atoms with Crippen molar-refractivity contribution in [3.8, 4) is 0 Å². The molecular weight excluding hydrogens is 275 g/mol. The number of hydrogen-bond acceptors (Lipinski definition) is 3. The fourth-order valence-electron chi connectivity index (χ4n) is 2.47. The number of para-hydroxylation sites is 2. The largest absolute Gasteiger partial charge is 0.498 e. The van der Waals surface area contributed by atoms with Crippen molar-refractivity contribution in [2.45, 2.75) is 38.9 Å². The van der Waals surface area contributed by atoms with Crippen LogP contribution in [-0.4, -0.2) is 18.3 Å². The lowest BCUT2D eigenvalue weighted by atomic mass is 9.78. The van der Waals surface area contributed by atoms with Crippen molar-refractivity contribution in [2.75, 3.05) is 0 Å². The summed E-state index contributed by atoms with van der Waals surface area (Å²) < 4.78 is 75.0. The molecule has 1 aliphatic heterocycles. The lowest BCUT2D eigenvalue weighted by molar-refractivity contribution is 0.00578. The Hall–Kier alpha value is -1.78. The van der Waals surface area contributed by atoms with Crippen molar-refractivity contribution in [3.05, 3.63) is 42.3 Å². The maximum absolute atomic E-state index is 8.41. The lowest BCUT2D eigenvalue weighted by Crippen LogP contribution is -2.41. The summed E-state index contributed by atoms with van der Waals surface area (Å²) in [6, 6.07) is -2.67. The predicted molar refractivity (Wildman–Crippen MR) is 89.4 cm³/mol. The van der Waals surface area contributed by atoms with Crippen molar-refractivity contribution in [1.82, 2.24) is 0 Å². The number of furan rings is 1. The van der Waals surface area contributed by atoms with Crippen molar-refractivity contribution >= 4 is 34.5 Å². The van der Waals surface area contributed by atoms with Crippen LogP contribution in [0.2, 0.25) is 0 Å². The molecule has 0 saturated carbocycles. The van der Waals surface area contributed by atoms with Gasteiger partial charge in [0.25, 0.3) is 0 Å². The Bertz CT molecular complexity index is 1190. The maximum atomic E-state index is 8.41. The van der Waals surface area contributed by atoms with E-state index in [-0.39, 0.29) is 51.6 Å². The zero-order valence-electron chi connectivity index (χ0n) is 19.8. The molecule has 2 aromatic carbocycles. The number of benzene rings is 2. The third kappa shape index (κ3) is 1.84. The molecule has 0 spiro atoms. The van der Waals surface area contributed by atoms with Gasteiger partial charge in [-0.2, -0.15) is 0 Å². The molecule has 4 rings (SSSR count). The fourth-order valence-corrected chi connectivity index (χ4v) is 2.47. The average molecular weight is 301 g/mol. The van der Waals surface area contributed by atoms with Gasteiger partial charge < -0.3 is 13.7 Å². The fraction of sp³-hybridized carbons (Fsp3) is 0.333. The van der Waals surface area contributed by atoms with Gasteiger partial charge in [-0.05, 0) is 33.7 Å². The SMILES string of the molecule is [2H]c1c([2H])c([2H])c2c(oc3c(B4OC(C)(C)C(C)(C)O4)c([2H])c([2H])c([2H])c32)c1[2H]. The van der Waals surface area contributed by atoms with Gasteiger partial charge in [-0.1, -0.05) is 36.3 Å². The molecule has 1 aromatic heterocycles. The van der Waals surface area contributed by atoms with Crippen LogP contribution in [0.3, 0.4) is 0 Å². The normalized spacial score (nSPS) is 24.5. The Morgan fingerprint density at radius 3 is 2.23 bits per heavy atom. The second kappa shape index (κ2) is 4.37. The van der Waals surface area contributed by atoms with E-state index < -0.39 is 36.4 Å². The molecule has 4 heteroatoms. The Labute approximate surface area is 140 Å². The zero-order valence-corrected chi connectivity index (χ0v) is 12.8. The first kappa shape index (κ1) is 8.18. The molecule has 0 aliphatic carbocycles. The first-order valence-electron chi connectivity index (χ1n) is 10.6. The summed E-state index contributed by atoms with van der Waals surface area (Å²) >= 11 is 0. The van der Waals surface area contributed by atoms with Gasteiger partial charge in [0, 0.05) is 16.2 Å². The van der Waals surface area contributed by atoms with Gasteiger partial charge in [-0.3, -0.25) is 0 Å². The van der Waals surface area contributed by atoms with Crippen molar-refractivity contribution in [3.63, 3.8) is 0 Å². The van der Waals surface area contributed by atoms with Gasteiger partial charge in [-0.25, -0.2) is 0 Å². The summed E-state index contributed by atoms with van der Waals surface area (Å²) in [4.78, 5) is 0. The summed E-state index contributed by atoms with van der Waals surface area (Å²) in [5, 5.41) is 0.0694. The van der Waals surface area contributed by atoms with Crippen LogP contribution >= 0.6 is 0 Å². The summed E-state index contributed by atoms with van der Waals surface area (Å²) in [5.41, 5.74) is -1.44. The third-order valence-electron chi connectivity index (χ3n) is 4.45. The minimum absolute atomic E-state index is 0.0106. The molecule has 1 saturated heterocycles. The average Bonchev–Trinajstić information content (AvgIpc) is 3.11. The number of rotatable bonds is 1. The third-order valence-corrected chi connectivity index (χ3v) is 4.45. The van der Waals surface area contributed by atoms with Crippen LogP contribution < -0.4 is 5.46 Å². The highest BCUT2D eigenvalue weighted by Crippen LogP contribution is 2.37. The quantitative estimate of drug-likeness (QED) is 0.639. The van der Waals surface area contributed by atoms with E-state index >= 15 is 0 Å². The summed E-state index contributed by atoms with van der Waals surface area (Å²) in [7, 11) is -1.05. The summed E-state index contributed by atoms with van der Waals surface area (Å²) in [6.45, 7) is 7.37. The van der Waals surface area contributed by atoms with E-state index in [0.29, 0.717) is 0 Å². The molecule has 3 aromatic rings. The van der Waals surface area contributed by atoms with E-state index in [1.54, 1.807) is 0 Å². The number of hydrogen-bond donors (Lipinski definition) is 0. The van der Waals surface area contributed by atoms with Crippen LogP contribution in [0.4, 0.5) is 0 Å². The van der Waals surface area contributed by atoms with Gasteiger partial charge >= 0.3 is 7.12 Å². The highest BCUT2D eigenvalue weighted by atomic mass is 16.7. The minimum Gasteiger partial charge on any atom is -0.456 e. The Morgan fingerprint density at radius 2 is 1.50 bits per heavy atom. The maximum Gasteiger partial charge on any atom is 0.498 e. The van der Waals surface area contributed by atoms with Crippen LogP contribution in [0.5, 0.6) is 0 Å². The molecule has 0 unspecified atom stereocenters. The van der Waals surface area contributed by atoms with Gasteiger partial charge in [-0.15, -0.1) is 0 Å². The second-order valence-electron chi connectivity index (χ2n) is 6.39. The standard InChI is InChI=1S/C18H19BO3/c1-17(2)18(3,4)22-19(21-17)14-10-7-9-13-12-8-5-6-11-15(12)20-16(13)14/h5-11H,1-4H3/i5D,6D,7D,8D,9D,10D,11D. The zero-order chi connectivity index (χ0) is 21.6. The van der Waals surface area contributed by atoms with E-state index in [1.165, 1.54) is 0 Å². The second-order valence-corrected chi connectivity index (χ2v) is 6.39. The molecule has 112 valence electrons. The highest BCUT2D eigenvalue weighted by Gasteiger charge is 2.52. The minimum atomic E-state index is -1.05. The molecule has 0 amide bonds. The van der Waals surface area contributed by atoms with Crippen molar-refractivity contribution < 1.29 is 23.3 Å². The molecule has 22 heavy (non-hydrogen) atoms. The van der Waals surface area contributed by atoms with Crippen molar-refractivity contribution in [2.24, 2.45) is 0 Å². The van der Waals surface area contributed by atoms with Gasteiger partial charge in [0.1, 0.15) is 11.2 Å². The molecule has 1 aliphatic rings. The highest BCUT2D eigenvalue weighted by molar-refractivity contribution is 6.65. The van der Waals surface area contributed by atoms with Gasteiger partial charge in [0.05, 0.1) is 20.8 Å². The molecule has 0 N–H and O–H groups in total. The molecule has 3 nitrogen and oxygen atoms in total. The Balaban J connectivity index is 2.15. The monoisotopic (exact) mass is 301 g/mol. The molecule has 0 bridgehead atoms. The van der Waals surface area contributed by atoms with Crippen LogP contribution in [0.25, 0.3) is 21.9 Å². The molecule has 0 radical (unpaired) electrons. The summed E-state index contributed by atoms with van der Waals surface area (Å²) in [5.74, 6) is 0. The van der Waals surface area contributed by atoms with E-state index in [0.717, 1.165) is 0 Å². The van der Waals surface area contributed by atoms with Crippen LogP contribution in [-0.2, 0) is 9.31 Å². The molecular formula is C18H19BO3. The lowest BCUT2D eigenvalue weighted by Gasteiger charge is -2.32. The molecule has 1 fully saturated rings. The first-order chi connectivity index (χ1) is 13.3. The van der Waals surface area contributed by atoms with E-state index in [9.17, 15) is 0 Å². The van der Waals surface area contributed by atoms with Crippen molar-refractivity contribution in [1.29, 1.82) is 0 Å². The van der Waals surface area contributed by atoms with E-state index in [1.807, 2.05) is 27.7 Å². The Kier molecular flexibility index (Phi) is 1.63.